The molecule has 0 aliphatic rings. The largest absolute Gasteiger partial charge is 0.383 e. The highest BCUT2D eigenvalue weighted by atomic mass is 16.5. The summed E-state index contributed by atoms with van der Waals surface area (Å²) in [6.07, 6.45) is 2.45. The number of nitrogens with one attached hydrogen (secondary N) is 1. The Kier molecular flexibility index (Phi) is 10.1. The number of benzene rings is 2. The van der Waals surface area contributed by atoms with Gasteiger partial charge in [0, 0.05) is 33.2 Å². The van der Waals surface area contributed by atoms with Crippen LogP contribution in [0.2, 0.25) is 0 Å². The second-order valence-electron chi connectivity index (χ2n) is 8.63. The Morgan fingerprint density at radius 1 is 1.11 bits per heavy atom. The zero-order chi connectivity index (χ0) is 25.9. The Hall–Kier alpha value is -3.56. The molecule has 0 aliphatic carbocycles. The van der Waals surface area contributed by atoms with Crippen molar-refractivity contribution >= 4 is 11.8 Å². The van der Waals surface area contributed by atoms with E-state index in [-0.39, 0.29) is 30.6 Å². The average molecular weight is 494 g/mol. The molecule has 0 saturated carbocycles. The van der Waals surface area contributed by atoms with Crippen LogP contribution in [0.3, 0.4) is 0 Å². The third-order valence-electron chi connectivity index (χ3n) is 6.16. The lowest BCUT2D eigenvalue weighted by molar-refractivity contribution is -0.135. The molecule has 0 unspecified atom stereocenters. The summed E-state index contributed by atoms with van der Waals surface area (Å²) in [5, 5.41) is 10.9. The normalized spacial score (nSPS) is 12.7. The standard InChI is InChI=1S/C27H35N5O4/c1-20(31(3)25(33)15-12-21-10-13-23(14-11-21)27(34)28-2)26(22-8-6-5-7-9-22)36-19-24-18-32(30-29-24)16-17-35-4/h5-11,13-14,18,20,26H,12,15-17,19H2,1-4H3,(H,28,34)/t20-,26-/m0/s1. The van der Waals surface area contributed by atoms with Crippen molar-refractivity contribution in [1.82, 2.24) is 25.2 Å². The van der Waals surface area contributed by atoms with Crippen molar-refractivity contribution in [2.45, 2.75) is 45.1 Å². The second-order valence-corrected chi connectivity index (χ2v) is 8.63. The first-order valence-corrected chi connectivity index (χ1v) is 12.0. The lowest BCUT2D eigenvalue weighted by Gasteiger charge is -2.32. The fourth-order valence-corrected chi connectivity index (χ4v) is 3.86. The molecule has 2 aromatic carbocycles. The number of ether oxygens (including phenoxy) is 2. The molecule has 36 heavy (non-hydrogen) atoms. The maximum Gasteiger partial charge on any atom is 0.251 e. The van der Waals surface area contributed by atoms with Crippen LogP contribution in [0, 0.1) is 0 Å². The molecule has 0 saturated heterocycles. The lowest BCUT2D eigenvalue weighted by atomic mass is 10.0. The molecule has 192 valence electrons. The van der Waals surface area contributed by atoms with Crippen LogP contribution in [0.15, 0.2) is 60.8 Å². The highest BCUT2D eigenvalue weighted by Gasteiger charge is 2.27. The van der Waals surface area contributed by atoms with Gasteiger partial charge >= 0.3 is 0 Å². The lowest BCUT2D eigenvalue weighted by Crippen LogP contribution is -2.40. The van der Waals surface area contributed by atoms with Crippen LogP contribution in [0.25, 0.3) is 0 Å². The van der Waals surface area contributed by atoms with Crippen molar-refractivity contribution in [1.29, 1.82) is 0 Å². The molecule has 3 aromatic rings. The Morgan fingerprint density at radius 2 is 1.83 bits per heavy atom. The number of rotatable bonds is 13. The van der Waals surface area contributed by atoms with Gasteiger partial charge in [-0.05, 0) is 36.6 Å². The maximum absolute atomic E-state index is 13.1. The van der Waals surface area contributed by atoms with E-state index in [0.29, 0.717) is 37.3 Å². The summed E-state index contributed by atoms with van der Waals surface area (Å²) in [5.74, 6) is -0.108. The van der Waals surface area contributed by atoms with E-state index in [1.54, 1.807) is 35.9 Å². The van der Waals surface area contributed by atoms with Crippen molar-refractivity contribution < 1.29 is 19.1 Å². The predicted octanol–water partition coefficient (Wildman–Crippen LogP) is 3.02. The van der Waals surface area contributed by atoms with Crippen LogP contribution in [-0.2, 0) is 33.8 Å². The first kappa shape index (κ1) is 27.0. The molecule has 0 fully saturated rings. The molecule has 9 nitrogen and oxygen atoms in total. The van der Waals surface area contributed by atoms with Crippen LogP contribution in [0.4, 0.5) is 0 Å². The minimum absolute atomic E-state index is 0.0212. The fourth-order valence-electron chi connectivity index (χ4n) is 3.86. The molecule has 2 amide bonds. The van der Waals surface area contributed by atoms with Gasteiger partial charge in [-0.25, -0.2) is 4.68 Å². The average Bonchev–Trinajstić information content (AvgIpc) is 3.38. The van der Waals surface area contributed by atoms with Crippen molar-refractivity contribution in [3.63, 3.8) is 0 Å². The van der Waals surface area contributed by atoms with Gasteiger partial charge in [-0.15, -0.1) is 5.10 Å². The van der Waals surface area contributed by atoms with Gasteiger partial charge in [0.15, 0.2) is 0 Å². The number of amides is 2. The van der Waals surface area contributed by atoms with Gasteiger partial charge in [0.2, 0.25) is 5.91 Å². The quantitative estimate of drug-likeness (QED) is 0.393. The van der Waals surface area contributed by atoms with Gasteiger partial charge in [0.1, 0.15) is 11.8 Å². The molecule has 0 bridgehead atoms. The number of hydrogen-bond donors (Lipinski definition) is 1. The van der Waals surface area contributed by atoms with Gasteiger partial charge in [-0.1, -0.05) is 47.7 Å². The van der Waals surface area contributed by atoms with E-state index in [1.807, 2.05) is 62.6 Å². The van der Waals surface area contributed by atoms with Gasteiger partial charge in [0.25, 0.3) is 5.91 Å². The number of aryl methyl sites for hydroxylation is 1. The van der Waals surface area contributed by atoms with Crippen molar-refractivity contribution in [2.24, 2.45) is 0 Å². The van der Waals surface area contributed by atoms with E-state index in [2.05, 4.69) is 15.6 Å². The first-order valence-electron chi connectivity index (χ1n) is 12.0. The summed E-state index contributed by atoms with van der Waals surface area (Å²) >= 11 is 0. The van der Waals surface area contributed by atoms with Crippen LogP contribution in [0.1, 0.15) is 46.6 Å². The Bertz CT molecular complexity index is 1100. The van der Waals surface area contributed by atoms with E-state index < -0.39 is 0 Å². The first-order chi connectivity index (χ1) is 17.4. The predicted molar refractivity (Wildman–Crippen MR) is 136 cm³/mol. The van der Waals surface area contributed by atoms with Crippen LogP contribution >= 0.6 is 0 Å². The van der Waals surface area contributed by atoms with Crippen LogP contribution < -0.4 is 5.32 Å². The van der Waals surface area contributed by atoms with Gasteiger partial charge in [0.05, 0.1) is 32.0 Å². The van der Waals surface area contributed by atoms with Gasteiger partial charge < -0.3 is 19.7 Å². The molecule has 0 aliphatic heterocycles. The second kappa shape index (κ2) is 13.5. The summed E-state index contributed by atoms with van der Waals surface area (Å²) in [5.41, 5.74) is 3.30. The van der Waals surface area contributed by atoms with Crippen LogP contribution in [0.5, 0.6) is 0 Å². The molecule has 3 rings (SSSR count). The molecule has 1 aromatic heterocycles. The molecular weight excluding hydrogens is 458 g/mol. The van der Waals surface area contributed by atoms with Crippen molar-refractivity contribution in [3.8, 4) is 0 Å². The van der Waals surface area contributed by atoms with E-state index in [0.717, 1.165) is 11.1 Å². The molecule has 1 heterocycles. The summed E-state index contributed by atoms with van der Waals surface area (Å²) in [4.78, 5) is 26.5. The Morgan fingerprint density at radius 3 is 2.50 bits per heavy atom. The summed E-state index contributed by atoms with van der Waals surface area (Å²) in [6, 6.07) is 17.0. The zero-order valence-electron chi connectivity index (χ0n) is 21.4. The molecule has 9 heteroatoms. The number of carbonyl (C=O) groups excluding carboxylic acids is 2. The third kappa shape index (κ3) is 7.47. The van der Waals surface area contributed by atoms with Crippen LogP contribution in [-0.4, -0.2) is 65.6 Å². The molecule has 2 atom stereocenters. The minimum Gasteiger partial charge on any atom is -0.383 e. The Labute approximate surface area is 212 Å². The highest BCUT2D eigenvalue weighted by molar-refractivity contribution is 5.93. The monoisotopic (exact) mass is 493 g/mol. The Balaban J connectivity index is 1.62. The van der Waals surface area contributed by atoms with Gasteiger partial charge in [-0.3, -0.25) is 9.59 Å². The summed E-state index contributed by atoms with van der Waals surface area (Å²) < 4.78 is 13.1. The van der Waals surface area contributed by atoms with E-state index in [1.165, 1.54) is 0 Å². The number of likely N-dealkylation sites (N-methyl/N-ethyl adjacent to an activating group) is 1. The maximum atomic E-state index is 13.1. The molecule has 1 N–H and O–H groups in total. The zero-order valence-corrected chi connectivity index (χ0v) is 21.4. The summed E-state index contributed by atoms with van der Waals surface area (Å²) in [6.45, 7) is 3.44. The third-order valence-corrected chi connectivity index (χ3v) is 6.16. The topological polar surface area (TPSA) is 98.6 Å². The minimum atomic E-state index is -0.337. The fraction of sp³-hybridized carbons (Fsp3) is 0.407. The number of aromatic nitrogens is 3. The van der Waals surface area contributed by atoms with Crippen molar-refractivity contribution in [3.05, 3.63) is 83.2 Å². The molecule has 0 radical (unpaired) electrons. The molecule has 0 spiro atoms. The smallest absolute Gasteiger partial charge is 0.251 e. The number of nitrogens with zero attached hydrogens (tertiary/aromatic N) is 4. The summed E-state index contributed by atoms with van der Waals surface area (Å²) in [7, 11) is 5.06. The number of carbonyl (C=O) groups is 2. The number of hydrogen-bond acceptors (Lipinski definition) is 6. The molecular formula is C27H35N5O4. The SMILES string of the molecule is CNC(=O)c1ccc(CCC(=O)N(C)[C@@H](C)[C@H](OCc2cn(CCOC)nn2)c2ccccc2)cc1. The van der Waals surface area contributed by atoms with Crippen molar-refractivity contribution in [2.75, 3.05) is 27.8 Å². The van der Waals surface area contributed by atoms with Gasteiger partial charge in [-0.2, -0.15) is 0 Å². The van der Waals surface area contributed by atoms with E-state index in [9.17, 15) is 9.59 Å². The number of methoxy groups -OCH3 is 1. The van der Waals surface area contributed by atoms with E-state index in [4.69, 9.17) is 9.47 Å². The van der Waals surface area contributed by atoms with E-state index >= 15 is 0 Å². The highest BCUT2D eigenvalue weighted by Crippen LogP contribution is 2.26.